The first-order valence-corrected chi connectivity index (χ1v) is 12.2. The molecule has 5 rings (SSSR count). The minimum Gasteiger partial charge on any atom is -0.350 e. The van der Waals surface area contributed by atoms with E-state index in [2.05, 4.69) is 10.4 Å². The van der Waals surface area contributed by atoms with Gasteiger partial charge in [0.15, 0.2) is 0 Å². The van der Waals surface area contributed by atoms with Crippen LogP contribution in [0.5, 0.6) is 0 Å². The van der Waals surface area contributed by atoms with Gasteiger partial charge in [0.25, 0.3) is 5.91 Å². The summed E-state index contributed by atoms with van der Waals surface area (Å²) in [5.74, 6) is -0.923. The molecular formula is C27H25FN4O2S. The molecule has 178 valence electrons. The van der Waals surface area contributed by atoms with Crippen molar-refractivity contribution in [1.82, 2.24) is 15.1 Å². The Morgan fingerprint density at radius 1 is 1.14 bits per heavy atom. The number of rotatable bonds is 5. The number of halogens is 1. The molecule has 8 heteroatoms. The molecule has 2 amide bonds. The fraction of sp³-hybridized carbons (Fsp3) is 0.222. The smallest absolute Gasteiger partial charge is 0.277 e. The molecule has 1 aliphatic heterocycles. The summed E-state index contributed by atoms with van der Waals surface area (Å²) in [5.41, 5.74) is 3.34. The van der Waals surface area contributed by atoms with Crippen molar-refractivity contribution in [2.75, 3.05) is 4.90 Å². The molecule has 0 saturated carbocycles. The Hall–Kier alpha value is -3.78. The molecule has 0 fully saturated rings. The number of fused-ring (bicyclic) bond motifs is 1. The van der Waals surface area contributed by atoms with Crippen molar-refractivity contribution in [3.8, 4) is 10.6 Å². The lowest BCUT2D eigenvalue weighted by molar-refractivity contribution is -0.126. The molecule has 0 bridgehead atoms. The maximum atomic E-state index is 13.9. The highest BCUT2D eigenvalue weighted by molar-refractivity contribution is 7.13. The van der Waals surface area contributed by atoms with E-state index in [9.17, 15) is 14.0 Å². The van der Waals surface area contributed by atoms with Crippen LogP contribution >= 0.6 is 11.3 Å². The third kappa shape index (κ3) is 4.04. The summed E-state index contributed by atoms with van der Waals surface area (Å²) in [7, 11) is 0. The van der Waals surface area contributed by atoms with Crippen molar-refractivity contribution in [2.24, 2.45) is 0 Å². The Balaban J connectivity index is 1.56. The van der Waals surface area contributed by atoms with Crippen molar-refractivity contribution >= 4 is 28.8 Å². The molecular weight excluding hydrogens is 463 g/mol. The summed E-state index contributed by atoms with van der Waals surface area (Å²) in [5, 5.41) is 9.59. The van der Waals surface area contributed by atoms with E-state index in [0.29, 0.717) is 17.1 Å². The molecule has 0 saturated heterocycles. The summed E-state index contributed by atoms with van der Waals surface area (Å²) in [6, 6.07) is 17.4. The van der Waals surface area contributed by atoms with Crippen molar-refractivity contribution in [3.05, 3.63) is 94.2 Å². The van der Waals surface area contributed by atoms with Gasteiger partial charge in [0.1, 0.15) is 22.7 Å². The second-order valence-electron chi connectivity index (χ2n) is 8.99. The number of aryl methyl sites for hydroxylation is 1. The normalized spacial score (nSPS) is 17.4. The molecule has 0 radical (unpaired) electrons. The van der Waals surface area contributed by atoms with Crippen LogP contribution in [0, 0.1) is 19.7 Å². The number of thiophene rings is 1. The number of carbonyl (C=O) groups is 2. The third-order valence-electron chi connectivity index (χ3n) is 6.60. The van der Waals surface area contributed by atoms with Crippen LogP contribution < -0.4 is 10.2 Å². The summed E-state index contributed by atoms with van der Waals surface area (Å²) >= 11 is 1.55. The molecule has 3 heterocycles. The van der Waals surface area contributed by atoms with Crippen LogP contribution in [0.1, 0.15) is 34.1 Å². The van der Waals surface area contributed by atoms with Gasteiger partial charge in [-0.05, 0) is 73.2 Å². The fourth-order valence-electron chi connectivity index (χ4n) is 4.46. The molecule has 35 heavy (non-hydrogen) atoms. The van der Waals surface area contributed by atoms with Gasteiger partial charge in [0.2, 0.25) is 5.91 Å². The van der Waals surface area contributed by atoms with E-state index < -0.39 is 5.54 Å². The molecule has 2 aromatic carbocycles. The van der Waals surface area contributed by atoms with E-state index >= 15 is 0 Å². The van der Waals surface area contributed by atoms with E-state index in [0.717, 1.165) is 21.6 Å². The van der Waals surface area contributed by atoms with Crippen LogP contribution in [0.4, 0.5) is 10.1 Å². The highest BCUT2D eigenvalue weighted by Crippen LogP contribution is 2.37. The fourth-order valence-corrected chi connectivity index (χ4v) is 5.14. The monoisotopic (exact) mass is 488 g/mol. The van der Waals surface area contributed by atoms with E-state index in [-0.39, 0.29) is 30.7 Å². The number of amides is 2. The lowest BCUT2D eigenvalue weighted by Crippen LogP contribution is -2.64. The van der Waals surface area contributed by atoms with Gasteiger partial charge in [-0.1, -0.05) is 30.3 Å². The maximum Gasteiger partial charge on any atom is 0.277 e. The molecule has 0 spiro atoms. The zero-order valence-electron chi connectivity index (χ0n) is 19.7. The molecule has 2 aromatic heterocycles. The number of anilines is 1. The Morgan fingerprint density at radius 3 is 2.63 bits per heavy atom. The average molecular weight is 489 g/mol. The summed E-state index contributed by atoms with van der Waals surface area (Å²) in [6.07, 6.45) is 0. The van der Waals surface area contributed by atoms with Crippen molar-refractivity contribution in [2.45, 2.75) is 39.4 Å². The standard InChI is InChI=1S/C27H25FN4O2S/c1-17-6-4-7-22(18(17)2)32-25(33)23-14-21(24-8-5-13-35-24)30-31(23)16-27(32,3)26(34)29-15-19-9-11-20(28)12-10-19/h4-14H,15-16H2,1-3H3,(H,29,34). The molecule has 1 unspecified atom stereocenters. The van der Waals surface area contributed by atoms with Gasteiger partial charge in [-0.2, -0.15) is 5.10 Å². The minimum atomic E-state index is -1.23. The lowest BCUT2D eigenvalue weighted by Gasteiger charge is -2.43. The highest BCUT2D eigenvalue weighted by atomic mass is 32.1. The van der Waals surface area contributed by atoms with Gasteiger partial charge >= 0.3 is 0 Å². The summed E-state index contributed by atoms with van der Waals surface area (Å²) in [6.45, 7) is 6.12. The lowest BCUT2D eigenvalue weighted by atomic mass is 9.92. The predicted molar refractivity (Wildman–Crippen MR) is 135 cm³/mol. The van der Waals surface area contributed by atoms with Crippen LogP contribution in [0.2, 0.25) is 0 Å². The molecule has 1 atom stereocenters. The largest absolute Gasteiger partial charge is 0.350 e. The number of hydrogen-bond donors (Lipinski definition) is 1. The number of nitrogens with one attached hydrogen (secondary N) is 1. The third-order valence-corrected chi connectivity index (χ3v) is 7.49. The van der Waals surface area contributed by atoms with E-state index in [1.54, 1.807) is 46.0 Å². The molecule has 6 nitrogen and oxygen atoms in total. The van der Waals surface area contributed by atoms with Crippen LogP contribution in [-0.4, -0.2) is 27.1 Å². The van der Waals surface area contributed by atoms with Crippen molar-refractivity contribution < 1.29 is 14.0 Å². The van der Waals surface area contributed by atoms with Gasteiger partial charge < -0.3 is 5.32 Å². The Kier molecular flexibility index (Phi) is 5.76. The van der Waals surface area contributed by atoms with E-state index in [1.165, 1.54) is 12.1 Å². The van der Waals surface area contributed by atoms with Crippen LogP contribution in [0.25, 0.3) is 10.6 Å². The second-order valence-corrected chi connectivity index (χ2v) is 9.94. The van der Waals surface area contributed by atoms with Crippen LogP contribution in [0.3, 0.4) is 0 Å². The topological polar surface area (TPSA) is 67.2 Å². The molecule has 4 aromatic rings. The number of hydrogen-bond acceptors (Lipinski definition) is 4. The first-order valence-electron chi connectivity index (χ1n) is 11.3. The van der Waals surface area contributed by atoms with Crippen LogP contribution in [0.15, 0.2) is 66.0 Å². The molecule has 0 aliphatic carbocycles. The van der Waals surface area contributed by atoms with Gasteiger partial charge in [-0.3, -0.25) is 19.2 Å². The summed E-state index contributed by atoms with van der Waals surface area (Å²) < 4.78 is 14.9. The number of nitrogens with zero attached hydrogens (tertiary/aromatic N) is 3. The first-order chi connectivity index (χ1) is 16.8. The number of aromatic nitrogens is 2. The zero-order chi connectivity index (χ0) is 24.7. The Labute approximate surface area is 207 Å². The van der Waals surface area contributed by atoms with E-state index in [4.69, 9.17) is 0 Å². The highest BCUT2D eigenvalue weighted by Gasteiger charge is 2.49. The zero-order valence-corrected chi connectivity index (χ0v) is 20.5. The summed E-state index contributed by atoms with van der Waals surface area (Å²) in [4.78, 5) is 30.2. The SMILES string of the molecule is Cc1cccc(N2C(=O)c3cc(-c4cccs4)nn3CC2(C)C(=O)NCc2ccc(F)cc2)c1C. The predicted octanol–water partition coefficient (Wildman–Crippen LogP) is 5.10. The maximum absolute atomic E-state index is 13.9. The Morgan fingerprint density at radius 2 is 1.91 bits per heavy atom. The first kappa shape index (κ1) is 23.0. The Bertz CT molecular complexity index is 1410. The van der Waals surface area contributed by atoms with Gasteiger partial charge in [-0.15, -0.1) is 11.3 Å². The molecule has 1 N–H and O–H groups in total. The van der Waals surface area contributed by atoms with E-state index in [1.807, 2.05) is 49.6 Å². The number of benzene rings is 2. The van der Waals surface area contributed by atoms with Gasteiger partial charge in [0.05, 0.1) is 11.4 Å². The quantitative estimate of drug-likeness (QED) is 0.425. The van der Waals surface area contributed by atoms with Crippen LogP contribution in [-0.2, 0) is 17.9 Å². The second kappa shape index (κ2) is 8.78. The minimum absolute atomic E-state index is 0.197. The average Bonchev–Trinajstić information content (AvgIpc) is 3.51. The van der Waals surface area contributed by atoms with Gasteiger partial charge in [0, 0.05) is 12.2 Å². The van der Waals surface area contributed by atoms with Crippen molar-refractivity contribution in [1.29, 1.82) is 0 Å². The number of carbonyl (C=O) groups excluding carboxylic acids is 2. The molecule has 1 aliphatic rings. The van der Waals surface area contributed by atoms with Gasteiger partial charge in [-0.25, -0.2) is 4.39 Å². The van der Waals surface area contributed by atoms with Crippen molar-refractivity contribution in [3.63, 3.8) is 0 Å².